The predicted molar refractivity (Wildman–Crippen MR) is 126 cm³/mol. The van der Waals surface area contributed by atoms with Crippen molar-refractivity contribution in [2.75, 3.05) is 20.6 Å². The van der Waals surface area contributed by atoms with Gasteiger partial charge in [0, 0.05) is 50.6 Å². The normalized spacial score (nSPS) is 18.4. The van der Waals surface area contributed by atoms with Crippen molar-refractivity contribution in [1.29, 1.82) is 0 Å². The van der Waals surface area contributed by atoms with Crippen LogP contribution in [0.4, 0.5) is 9.18 Å². The van der Waals surface area contributed by atoms with E-state index in [1.54, 1.807) is 45.6 Å². The second-order valence-electron chi connectivity index (χ2n) is 10.2. The molecule has 34 heavy (non-hydrogen) atoms. The first-order chi connectivity index (χ1) is 15.8. The number of hydrogen-bond acceptors (Lipinski definition) is 5. The van der Waals surface area contributed by atoms with E-state index in [2.05, 4.69) is 10.4 Å². The van der Waals surface area contributed by atoms with Crippen molar-refractivity contribution in [2.24, 2.45) is 0 Å². The third kappa shape index (κ3) is 5.66. The Kier molecular flexibility index (Phi) is 7.18. The first kappa shape index (κ1) is 25.5. The van der Waals surface area contributed by atoms with E-state index in [1.165, 1.54) is 21.9 Å². The van der Waals surface area contributed by atoms with Crippen molar-refractivity contribution in [3.8, 4) is 0 Å². The molecule has 3 amide bonds. The number of rotatable bonds is 5. The number of carbonyl (C=O) groups is 3. The molecular weight excluding hydrogens is 441 g/mol. The highest BCUT2D eigenvalue weighted by molar-refractivity contribution is 6.05. The van der Waals surface area contributed by atoms with Crippen LogP contribution in [-0.4, -0.2) is 75.8 Å². The van der Waals surface area contributed by atoms with Gasteiger partial charge < -0.3 is 19.9 Å². The van der Waals surface area contributed by atoms with Crippen molar-refractivity contribution >= 4 is 28.8 Å². The van der Waals surface area contributed by atoms with Crippen LogP contribution >= 0.6 is 0 Å². The molecule has 2 atom stereocenters. The van der Waals surface area contributed by atoms with E-state index in [1.807, 2.05) is 13.8 Å². The lowest BCUT2D eigenvalue weighted by Crippen LogP contribution is -2.43. The molecular formula is C24H34FN5O4. The van der Waals surface area contributed by atoms with Gasteiger partial charge >= 0.3 is 6.09 Å². The molecule has 0 spiro atoms. The molecule has 1 fully saturated rings. The third-order valence-corrected chi connectivity index (χ3v) is 5.66. The molecule has 1 aromatic heterocycles. The van der Waals surface area contributed by atoms with Crippen LogP contribution in [0.25, 0.3) is 10.9 Å². The lowest BCUT2D eigenvalue weighted by Gasteiger charge is -2.28. The van der Waals surface area contributed by atoms with Crippen molar-refractivity contribution < 1.29 is 23.5 Å². The van der Waals surface area contributed by atoms with Crippen LogP contribution < -0.4 is 5.32 Å². The largest absolute Gasteiger partial charge is 0.444 e. The lowest BCUT2D eigenvalue weighted by molar-refractivity contribution is -0.129. The number of fused-ring (bicyclic) bond motifs is 1. The Bertz CT molecular complexity index is 1090. The molecule has 1 aliphatic rings. The number of carbonyl (C=O) groups excluding carboxylic acids is 3. The second-order valence-corrected chi connectivity index (χ2v) is 10.2. The van der Waals surface area contributed by atoms with E-state index in [-0.39, 0.29) is 30.6 Å². The van der Waals surface area contributed by atoms with Gasteiger partial charge in [-0.3, -0.25) is 14.3 Å². The maximum atomic E-state index is 13.9. The fraction of sp³-hybridized carbons (Fsp3) is 0.583. The molecule has 1 saturated heterocycles. The van der Waals surface area contributed by atoms with Gasteiger partial charge in [0.2, 0.25) is 5.91 Å². The van der Waals surface area contributed by atoms with Crippen LogP contribution in [0.15, 0.2) is 18.2 Å². The zero-order valence-corrected chi connectivity index (χ0v) is 20.9. The van der Waals surface area contributed by atoms with E-state index < -0.39 is 35.5 Å². The van der Waals surface area contributed by atoms with Crippen LogP contribution in [0.5, 0.6) is 0 Å². The predicted octanol–water partition coefficient (Wildman–Crippen LogP) is 3.34. The maximum Gasteiger partial charge on any atom is 0.410 e. The summed E-state index contributed by atoms with van der Waals surface area (Å²) < 4.78 is 21.2. The van der Waals surface area contributed by atoms with E-state index in [0.717, 1.165) is 0 Å². The van der Waals surface area contributed by atoms with Crippen LogP contribution in [-0.2, 0) is 9.53 Å². The number of nitrogens with zero attached hydrogens (tertiary/aromatic N) is 4. The van der Waals surface area contributed by atoms with Gasteiger partial charge in [-0.05, 0) is 59.2 Å². The number of aromatic nitrogens is 2. The fourth-order valence-corrected chi connectivity index (χ4v) is 4.07. The minimum absolute atomic E-state index is 0.0231. The zero-order chi connectivity index (χ0) is 25.4. The van der Waals surface area contributed by atoms with Gasteiger partial charge in [-0.1, -0.05) is 0 Å². The number of amides is 3. The zero-order valence-electron chi connectivity index (χ0n) is 20.9. The van der Waals surface area contributed by atoms with Crippen LogP contribution in [0, 0.1) is 5.82 Å². The molecule has 0 unspecified atom stereocenters. The minimum atomic E-state index is -0.693. The number of ether oxygens (including phenoxy) is 1. The first-order valence-corrected chi connectivity index (χ1v) is 11.4. The molecule has 2 heterocycles. The quantitative estimate of drug-likeness (QED) is 0.716. The topological polar surface area (TPSA) is 96.8 Å². The smallest absolute Gasteiger partial charge is 0.410 e. The van der Waals surface area contributed by atoms with Gasteiger partial charge in [0.15, 0.2) is 5.69 Å². The number of nitrogens with one attached hydrogen (secondary N) is 1. The molecule has 10 heteroatoms. The fourth-order valence-electron chi connectivity index (χ4n) is 4.07. The highest BCUT2D eigenvalue weighted by Gasteiger charge is 2.39. The summed E-state index contributed by atoms with van der Waals surface area (Å²) >= 11 is 0. The van der Waals surface area contributed by atoms with Gasteiger partial charge in [0.05, 0.1) is 5.52 Å². The summed E-state index contributed by atoms with van der Waals surface area (Å²) in [6, 6.07) is 3.40. The molecule has 186 valence electrons. The molecule has 1 aromatic carbocycles. The van der Waals surface area contributed by atoms with E-state index >= 15 is 0 Å². The molecule has 0 radical (unpaired) electrons. The SMILES string of the molecule is CC(C)n1nc(C(=O)N[C@H]2C[C@@H](CC(=O)N(C)C)N(C(=O)OC(C)(C)C)C2)c2cc(F)ccc21. The Balaban J connectivity index is 1.83. The van der Waals surface area contributed by atoms with Crippen LogP contribution in [0.2, 0.25) is 0 Å². The molecule has 1 aliphatic heterocycles. The summed E-state index contributed by atoms with van der Waals surface area (Å²) in [6.07, 6.45) is -0.0198. The molecule has 0 saturated carbocycles. The Morgan fingerprint density at radius 1 is 1.26 bits per heavy atom. The molecule has 1 N–H and O–H groups in total. The number of halogens is 1. The Morgan fingerprint density at radius 3 is 2.53 bits per heavy atom. The monoisotopic (exact) mass is 475 g/mol. The van der Waals surface area contributed by atoms with E-state index in [9.17, 15) is 18.8 Å². The van der Waals surface area contributed by atoms with E-state index in [4.69, 9.17) is 4.74 Å². The molecule has 3 rings (SSSR count). The van der Waals surface area contributed by atoms with Crippen molar-refractivity contribution in [3.05, 3.63) is 29.7 Å². The Morgan fingerprint density at radius 2 is 1.94 bits per heavy atom. The van der Waals surface area contributed by atoms with Crippen molar-refractivity contribution in [1.82, 2.24) is 24.9 Å². The van der Waals surface area contributed by atoms with Crippen LogP contribution in [0.1, 0.15) is 64.0 Å². The molecule has 9 nitrogen and oxygen atoms in total. The number of hydrogen-bond donors (Lipinski definition) is 1. The summed E-state index contributed by atoms with van der Waals surface area (Å²) in [5.74, 6) is -1.03. The number of benzene rings is 1. The minimum Gasteiger partial charge on any atom is -0.444 e. The third-order valence-electron chi connectivity index (χ3n) is 5.66. The highest BCUT2D eigenvalue weighted by atomic mass is 19.1. The van der Waals surface area contributed by atoms with Gasteiger partial charge in [-0.25, -0.2) is 9.18 Å². The Labute approximate surface area is 199 Å². The summed E-state index contributed by atoms with van der Waals surface area (Å²) in [4.78, 5) is 41.3. The molecule has 0 aliphatic carbocycles. The maximum absolute atomic E-state index is 13.9. The summed E-state index contributed by atoms with van der Waals surface area (Å²) in [7, 11) is 3.31. The lowest BCUT2D eigenvalue weighted by atomic mass is 10.1. The standard InChI is InChI=1S/C24H34FN5O4/c1-14(2)30-19-9-8-15(25)10-18(19)21(27-30)22(32)26-16-11-17(12-20(31)28(6)7)29(13-16)23(33)34-24(3,4)5/h8-10,14,16-17H,11-13H2,1-7H3,(H,26,32)/t16-,17-/m0/s1. The average Bonchev–Trinajstić information content (AvgIpc) is 3.27. The summed E-state index contributed by atoms with van der Waals surface area (Å²) in [6.45, 7) is 9.38. The Hall–Kier alpha value is -3.17. The van der Waals surface area contributed by atoms with Gasteiger partial charge in [0.25, 0.3) is 5.91 Å². The van der Waals surface area contributed by atoms with Gasteiger partial charge in [0.1, 0.15) is 11.4 Å². The molecule has 2 aromatic rings. The van der Waals surface area contributed by atoms with Gasteiger partial charge in [-0.2, -0.15) is 5.10 Å². The highest BCUT2D eigenvalue weighted by Crippen LogP contribution is 2.26. The summed E-state index contributed by atoms with van der Waals surface area (Å²) in [5.41, 5.74) is 0.0962. The summed E-state index contributed by atoms with van der Waals surface area (Å²) in [5, 5.41) is 7.79. The second kappa shape index (κ2) is 9.60. The van der Waals surface area contributed by atoms with E-state index in [0.29, 0.717) is 17.3 Å². The number of likely N-dealkylation sites (tertiary alicyclic amines) is 1. The van der Waals surface area contributed by atoms with Crippen molar-refractivity contribution in [2.45, 2.75) is 71.2 Å². The van der Waals surface area contributed by atoms with Crippen molar-refractivity contribution in [3.63, 3.8) is 0 Å². The molecule has 0 bridgehead atoms. The first-order valence-electron chi connectivity index (χ1n) is 11.4. The van der Waals surface area contributed by atoms with Gasteiger partial charge in [-0.15, -0.1) is 0 Å². The average molecular weight is 476 g/mol. The van der Waals surface area contributed by atoms with Crippen LogP contribution in [0.3, 0.4) is 0 Å².